The molecule has 3 heteroatoms. The van der Waals surface area contributed by atoms with Gasteiger partial charge in [0, 0.05) is 12.9 Å². The summed E-state index contributed by atoms with van der Waals surface area (Å²) in [5, 5.41) is 0. The van der Waals surface area contributed by atoms with Crippen molar-refractivity contribution >= 4 is 18.9 Å². The number of carbonyl (C=O) groups excluding carboxylic acids is 1. The number of unbranched alkanes of at least 4 members (excludes halogenated alkanes) is 10. The van der Waals surface area contributed by atoms with Crippen molar-refractivity contribution in [3.8, 4) is 0 Å². The molecule has 0 aliphatic heterocycles. The molecule has 0 radical (unpaired) electrons. The molecule has 0 atom stereocenters. The van der Waals surface area contributed by atoms with E-state index in [0.717, 1.165) is 25.7 Å². The molecule has 0 aliphatic rings. The quantitative estimate of drug-likeness (QED) is 0.212. The highest BCUT2D eigenvalue weighted by atomic mass is 32.1. The standard InChI is InChI=1S/C18H36O2S/c1-3-5-7-9-11-13-15-17(18(19)20-21)16-14-12-10-8-6-4-2/h17,21H,3-16H2,1-2H3. The molecule has 0 N–H and O–H groups in total. The first-order valence-corrected chi connectivity index (χ1v) is 9.48. The molecule has 126 valence electrons. The van der Waals surface area contributed by atoms with E-state index in [0.29, 0.717) is 0 Å². The van der Waals surface area contributed by atoms with Crippen molar-refractivity contribution in [2.24, 2.45) is 5.92 Å². The molecule has 0 spiro atoms. The van der Waals surface area contributed by atoms with Crippen LogP contribution in [0.25, 0.3) is 0 Å². The summed E-state index contributed by atoms with van der Waals surface area (Å²) in [5.41, 5.74) is 0. The Labute approximate surface area is 138 Å². The van der Waals surface area contributed by atoms with E-state index in [9.17, 15) is 4.79 Å². The molecule has 0 saturated carbocycles. The molecule has 0 aromatic rings. The van der Waals surface area contributed by atoms with Crippen molar-refractivity contribution in [3.63, 3.8) is 0 Å². The topological polar surface area (TPSA) is 26.3 Å². The Morgan fingerprint density at radius 3 is 1.52 bits per heavy atom. The van der Waals surface area contributed by atoms with Crippen LogP contribution < -0.4 is 0 Å². The summed E-state index contributed by atoms with van der Waals surface area (Å²) < 4.78 is 4.66. The highest BCUT2D eigenvalue weighted by molar-refractivity contribution is 7.75. The molecular formula is C18H36O2S. The maximum Gasteiger partial charge on any atom is 0.320 e. The predicted octanol–water partition coefficient (Wildman–Crippen LogP) is 6.49. The lowest BCUT2D eigenvalue weighted by molar-refractivity contribution is -0.137. The highest BCUT2D eigenvalue weighted by Crippen LogP contribution is 2.21. The van der Waals surface area contributed by atoms with Crippen LogP contribution in [-0.4, -0.2) is 5.97 Å². The minimum atomic E-state index is -0.125. The van der Waals surface area contributed by atoms with Gasteiger partial charge in [0.15, 0.2) is 0 Å². The maximum atomic E-state index is 11.7. The molecule has 2 nitrogen and oxygen atoms in total. The van der Waals surface area contributed by atoms with Crippen molar-refractivity contribution in [1.29, 1.82) is 0 Å². The molecule has 0 saturated heterocycles. The zero-order valence-corrected chi connectivity index (χ0v) is 15.1. The van der Waals surface area contributed by atoms with E-state index in [1.807, 2.05) is 0 Å². The predicted molar refractivity (Wildman–Crippen MR) is 94.6 cm³/mol. The van der Waals surface area contributed by atoms with Gasteiger partial charge in [-0.15, -0.1) is 0 Å². The highest BCUT2D eigenvalue weighted by Gasteiger charge is 2.18. The van der Waals surface area contributed by atoms with E-state index in [1.165, 1.54) is 64.2 Å². The van der Waals surface area contributed by atoms with Crippen LogP contribution in [0.1, 0.15) is 104 Å². The van der Waals surface area contributed by atoms with Crippen LogP contribution in [0, 0.1) is 5.92 Å². The number of carbonyl (C=O) groups is 1. The van der Waals surface area contributed by atoms with Crippen LogP contribution in [-0.2, 0) is 8.98 Å². The van der Waals surface area contributed by atoms with Gasteiger partial charge < -0.3 is 4.18 Å². The summed E-state index contributed by atoms with van der Waals surface area (Å²) in [4.78, 5) is 11.7. The zero-order chi connectivity index (χ0) is 15.8. The Hall–Kier alpha value is -0.180. The maximum absolute atomic E-state index is 11.7. The fourth-order valence-corrected chi connectivity index (χ4v) is 2.95. The number of hydrogen-bond acceptors (Lipinski definition) is 3. The van der Waals surface area contributed by atoms with Crippen LogP contribution in [0.3, 0.4) is 0 Å². The molecule has 0 rings (SSSR count). The summed E-state index contributed by atoms with van der Waals surface area (Å²) in [5.74, 6) is -0.0553. The van der Waals surface area contributed by atoms with Gasteiger partial charge in [-0.1, -0.05) is 90.9 Å². The third-order valence-electron chi connectivity index (χ3n) is 4.24. The Morgan fingerprint density at radius 2 is 1.14 bits per heavy atom. The van der Waals surface area contributed by atoms with Gasteiger partial charge in [0.25, 0.3) is 0 Å². The van der Waals surface area contributed by atoms with Gasteiger partial charge in [0.1, 0.15) is 0 Å². The van der Waals surface area contributed by atoms with Gasteiger partial charge in [-0.3, -0.25) is 4.79 Å². The molecule has 0 amide bonds. The summed E-state index contributed by atoms with van der Waals surface area (Å²) in [7, 11) is 0. The van der Waals surface area contributed by atoms with E-state index in [1.54, 1.807) is 0 Å². The lowest BCUT2D eigenvalue weighted by atomic mass is 9.94. The monoisotopic (exact) mass is 316 g/mol. The van der Waals surface area contributed by atoms with Crippen molar-refractivity contribution < 1.29 is 8.98 Å². The molecule has 0 aromatic carbocycles. The van der Waals surface area contributed by atoms with Gasteiger partial charge in [-0.05, 0) is 12.8 Å². The second-order valence-corrected chi connectivity index (χ2v) is 6.40. The molecule has 0 heterocycles. The van der Waals surface area contributed by atoms with Gasteiger partial charge in [-0.2, -0.15) is 0 Å². The molecule has 0 bridgehead atoms. The van der Waals surface area contributed by atoms with Gasteiger partial charge >= 0.3 is 5.97 Å². The second kappa shape index (κ2) is 16.2. The van der Waals surface area contributed by atoms with Crippen molar-refractivity contribution in [3.05, 3.63) is 0 Å². The summed E-state index contributed by atoms with van der Waals surface area (Å²) in [6.45, 7) is 4.47. The minimum absolute atomic E-state index is 0.0693. The Morgan fingerprint density at radius 1 is 0.762 bits per heavy atom. The smallest absolute Gasteiger partial charge is 0.320 e. The summed E-state index contributed by atoms with van der Waals surface area (Å²) >= 11 is 3.69. The van der Waals surface area contributed by atoms with Crippen LogP contribution in [0.2, 0.25) is 0 Å². The molecule has 0 aromatic heterocycles. The summed E-state index contributed by atoms with van der Waals surface area (Å²) in [6.07, 6.45) is 17.2. The summed E-state index contributed by atoms with van der Waals surface area (Å²) in [6, 6.07) is 0. The van der Waals surface area contributed by atoms with Crippen molar-refractivity contribution in [1.82, 2.24) is 0 Å². The van der Waals surface area contributed by atoms with E-state index >= 15 is 0 Å². The fourth-order valence-electron chi connectivity index (χ4n) is 2.80. The van der Waals surface area contributed by atoms with Crippen LogP contribution in [0.5, 0.6) is 0 Å². The van der Waals surface area contributed by atoms with Crippen LogP contribution in [0.15, 0.2) is 0 Å². The van der Waals surface area contributed by atoms with Crippen molar-refractivity contribution in [2.75, 3.05) is 0 Å². The lowest BCUT2D eigenvalue weighted by Gasteiger charge is -2.13. The Kier molecular flexibility index (Phi) is 16.1. The van der Waals surface area contributed by atoms with E-state index < -0.39 is 0 Å². The Bertz CT molecular complexity index is 215. The minimum Gasteiger partial charge on any atom is -0.394 e. The first kappa shape index (κ1) is 20.8. The number of rotatable bonds is 15. The van der Waals surface area contributed by atoms with Gasteiger partial charge in [0.2, 0.25) is 0 Å². The van der Waals surface area contributed by atoms with E-state index in [-0.39, 0.29) is 11.9 Å². The molecule has 0 aliphatic carbocycles. The number of hydrogen-bond donors (Lipinski definition) is 1. The largest absolute Gasteiger partial charge is 0.394 e. The Balaban J connectivity index is 3.70. The first-order valence-electron chi connectivity index (χ1n) is 9.11. The third kappa shape index (κ3) is 13.2. The average Bonchev–Trinajstić information content (AvgIpc) is 2.51. The fraction of sp³-hybridized carbons (Fsp3) is 0.944. The second-order valence-electron chi connectivity index (χ2n) is 6.22. The van der Waals surface area contributed by atoms with Crippen LogP contribution in [0.4, 0.5) is 0 Å². The number of thiol groups is 1. The normalized spacial score (nSPS) is 11.0. The zero-order valence-electron chi connectivity index (χ0n) is 14.2. The lowest BCUT2D eigenvalue weighted by Crippen LogP contribution is -2.14. The molecule has 21 heavy (non-hydrogen) atoms. The SMILES string of the molecule is CCCCCCCCC(CCCCCCCC)C(=O)OS. The van der Waals surface area contributed by atoms with Crippen LogP contribution >= 0.6 is 12.9 Å². The van der Waals surface area contributed by atoms with Crippen molar-refractivity contribution in [2.45, 2.75) is 104 Å². The van der Waals surface area contributed by atoms with Gasteiger partial charge in [0.05, 0.1) is 5.92 Å². The van der Waals surface area contributed by atoms with E-state index in [4.69, 9.17) is 0 Å². The molecular weight excluding hydrogens is 280 g/mol. The third-order valence-corrected chi connectivity index (χ3v) is 4.42. The first-order chi connectivity index (χ1) is 10.3. The molecule has 0 unspecified atom stereocenters. The van der Waals surface area contributed by atoms with Gasteiger partial charge in [-0.25, -0.2) is 0 Å². The average molecular weight is 317 g/mol. The van der Waals surface area contributed by atoms with E-state index in [2.05, 4.69) is 30.9 Å². The molecule has 0 fully saturated rings.